The average Bonchev–Trinajstić information content (AvgIpc) is 2.63. The van der Waals surface area contributed by atoms with Crippen LogP contribution in [0.4, 0.5) is 5.69 Å². The standard InChI is InChI=1S/C20H29ClN4OS/c1-15-11-16(2)13-25(12-15)19(26)14-23-7-9-24(10-8-23)20(27)22-18-5-3-17(21)4-6-18/h3-6,15-16H,7-14H2,1-2H3,(H,22,27)/p+1/t15-,16-/m0/s1. The smallest absolute Gasteiger partial charge is 0.277 e. The molecule has 27 heavy (non-hydrogen) atoms. The number of piperidine rings is 1. The Kier molecular flexibility index (Phi) is 6.95. The molecule has 2 saturated heterocycles. The maximum absolute atomic E-state index is 12.7. The third-order valence-corrected chi connectivity index (χ3v) is 6.09. The number of hydrogen-bond donors (Lipinski definition) is 2. The minimum absolute atomic E-state index is 0.304. The zero-order valence-corrected chi connectivity index (χ0v) is 17.8. The number of nitrogens with one attached hydrogen (secondary N) is 2. The number of halogens is 1. The molecule has 0 bridgehead atoms. The molecule has 7 heteroatoms. The highest BCUT2D eigenvalue weighted by atomic mass is 35.5. The predicted molar refractivity (Wildman–Crippen MR) is 114 cm³/mol. The molecule has 0 aliphatic carbocycles. The van der Waals surface area contributed by atoms with Crippen molar-refractivity contribution >= 4 is 40.5 Å². The summed E-state index contributed by atoms with van der Waals surface area (Å²) in [6.07, 6.45) is 1.23. The first-order valence-electron chi connectivity index (χ1n) is 9.83. The first-order chi connectivity index (χ1) is 12.9. The average molecular weight is 410 g/mol. The number of benzene rings is 1. The Balaban J connectivity index is 1.43. The first-order valence-corrected chi connectivity index (χ1v) is 10.6. The van der Waals surface area contributed by atoms with Gasteiger partial charge in [-0.15, -0.1) is 0 Å². The number of carbonyl (C=O) groups excluding carboxylic acids is 1. The lowest BCUT2D eigenvalue weighted by Gasteiger charge is -2.37. The van der Waals surface area contributed by atoms with Crippen molar-refractivity contribution in [3.05, 3.63) is 29.3 Å². The molecule has 0 unspecified atom stereocenters. The molecule has 1 aromatic carbocycles. The Labute approximate surface area is 172 Å². The minimum Gasteiger partial charge on any atom is -0.338 e. The van der Waals surface area contributed by atoms with Gasteiger partial charge in [-0.05, 0) is 54.7 Å². The van der Waals surface area contributed by atoms with Gasteiger partial charge in [0, 0.05) is 23.8 Å². The summed E-state index contributed by atoms with van der Waals surface area (Å²) in [6.45, 7) is 10.5. The second-order valence-electron chi connectivity index (χ2n) is 8.10. The van der Waals surface area contributed by atoms with Crippen LogP contribution in [-0.4, -0.2) is 66.6 Å². The van der Waals surface area contributed by atoms with Crippen LogP contribution in [0.15, 0.2) is 24.3 Å². The van der Waals surface area contributed by atoms with E-state index >= 15 is 0 Å². The summed E-state index contributed by atoms with van der Waals surface area (Å²) in [4.78, 5) is 18.3. The van der Waals surface area contributed by atoms with Crippen molar-refractivity contribution in [3.8, 4) is 0 Å². The zero-order chi connectivity index (χ0) is 19.4. The van der Waals surface area contributed by atoms with Crippen LogP contribution in [0, 0.1) is 11.8 Å². The fraction of sp³-hybridized carbons (Fsp3) is 0.600. The Morgan fingerprint density at radius 1 is 1.15 bits per heavy atom. The molecule has 0 spiro atoms. The quantitative estimate of drug-likeness (QED) is 0.746. The van der Waals surface area contributed by atoms with Crippen molar-refractivity contribution in [1.29, 1.82) is 0 Å². The lowest BCUT2D eigenvalue weighted by Crippen LogP contribution is -3.15. The highest BCUT2D eigenvalue weighted by molar-refractivity contribution is 7.80. The van der Waals surface area contributed by atoms with Gasteiger partial charge in [-0.1, -0.05) is 25.4 Å². The highest BCUT2D eigenvalue weighted by Crippen LogP contribution is 2.20. The third-order valence-electron chi connectivity index (χ3n) is 5.48. The van der Waals surface area contributed by atoms with Crippen LogP contribution in [-0.2, 0) is 4.79 Å². The fourth-order valence-electron chi connectivity index (χ4n) is 4.13. The SMILES string of the molecule is C[C@H]1C[C@H](C)CN(C(=O)C[NH+]2CCN(C(=S)Nc3ccc(Cl)cc3)CC2)C1. The number of rotatable bonds is 3. The van der Waals surface area contributed by atoms with Gasteiger partial charge in [0.2, 0.25) is 0 Å². The second kappa shape index (κ2) is 9.22. The summed E-state index contributed by atoms with van der Waals surface area (Å²) in [5.41, 5.74) is 0.947. The van der Waals surface area contributed by atoms with Crippen molar-refractivity contribution in [2.75, 3.05) is 51.1 Å². The zero-order valence-electron chi connectivity index (χ0n) is 16.2. The topological polar surface area (TPSA) is 40.0 Å². The number of quaternary nitrogens is 1. The summed E-state index contributed by atoms with van der Waals surface area (Å²) in [5, 5.41) is 4.72. The van der Waals surface area contributed by atoms with Gasteiger partial charge in [0.25, 0.3) is 5.91 Å². The van der Waals surface area contributed by atoms with Crippen LogP contribution in [0.5, 0.6) is 0 Å². The van der Waals surface area contributed by atoms with Gasteiger partial charge in [-0.2, -0.15) is 0 Å². The van der Waals surface area contributed by atoms with E-state index in [4.69, 9.17) is 23.8 Å². The van der Waals surface area contributed by atoms with Gasteiger partial charge >= 0.3 is 0 Å². The summed E-state index contributed by atoms with van der Waals surface area (Å²) in [6, 6.07) is 7.55. The molecule has 2 fully saturated rings. The van der Waals surface area contributed by atoms with Gasteiger partial charge in [0.15, 0.2) is 11.7 Å². The summed E-state index contributed by atoms with van der Waals surface area (Å²) in [5.74, 6) is 1.53. The maximum atomic E-state index is 12.7. The van der Waals surface area contributed by atoms with Crippen LogP contribution in [0.25, 0.3) is 0 Å². The maximum Gasteiger partial charge on any atom is 0.277 e. The van der Waals surface area contributed by atoms with Crippen molar-refractivity contribution in [2.45, 2.75) is 20.3 Å². The van der Waals surface area contributed by atoms with Gasteiger partial charge < -0.3 is 20.0 Å². The molecule has 1 amide bonds. The Morgan fingerprint density at radius 2 is 1.74 bits per heavy atom. The second-order valence-corrected chi connectivity index (χ2v) is 8.92. The molecule has 2 aliphatic rings. The Hall–Kier alpha value is -1.37. The van der Waals surface area contributed by atoms with E-state index in [1.807, 2.05) is 24.3 Å². The van der Waals surface area contributed by atoms with Crippen molar-refractivity contribution < 1.29 is 9.69 Å². The van der Waals surface area contributed by atoms with Crippen molar-refractivity contribution in [2.24, 2.45) is 11.8 Å². The van der Waals surface area contributed by atoms with E-state index in [1.54, 1.807) is 0 Å². The van der Waals surface area contributed by atoms with Crippen LogP contribution in [0.1, 0.15) is 20.3 Å². The normalized spacial score (nSPS) is 24.0. The molecule has 2 N–H and O–H groups in total. The van der Waals surface area contributed by atoms with Crippen molar-refractivity contribution in [3.63, 3.8) is 0 Å². The molecule has 2 atom stereocenters. The third kappa shape index (κ3) is 5.80. The number of piperazine rings is 1. The van der Waals surface area contributed by atoms with E-state index in [9.17, 15) is 4.79 Å². The molecular formula is C20H30ClN4OS+. The first kappa shape index (κ1) is 20.4. The number of carbonyl (C=O) groups is 1. The monoisotopic (exact) mass is 409 g/mol. The lowest BCUT2D eigenvalue weighted by molar-refractivity contribution is -0.896. The number of thiocarbonyl (C=S) groups is 1. The molecular weight excluding hydrogens is 380 g/mol. The van der Waals surface area contributed by atoms with E-state index in [0.29, 0.717) is 29.3 Å². The number of amides is 1. The Bertz CT molecular complexity index is 650. The Morgan fingerprint density at radius 3 is 2.33 bits per heavy atom. The number of likely N-dealkylation sites (tertiary alicyclic amines) is 1. The molecule has 2 aliphatic heterocycles. The van der Waals surface area contributed by atoms with E-state index < -0.39 is 0 Å². The van der Waals surface area contributed by atoms with Crippen LogP contribution >= 0.6 is 23.8 Å². The molecule has 5 nitrogen and oxygen atoms in total. The largest absolute Gasteiger partial charge is 0.338 e. The van der Waals surface area contributed by atoms with E-state index in [1.165, 1.54) is 11.3 Å². The molecule has 0 radical (unpaired) electrons. The van der Waals surface area contributed by atoms with Crippen LogP contribution in [0.3, 0.4) is 0 Å². The summed E-state index contributed by atoms with van der Waals surface area (Å²) < 4.78 is 0. The summed E-state index contributed by atoms with van der Waals surface area (Å²) in [7, 11) is 0. The number of hydrogen-bond acceptors (Lipinski definition) is 2. The van der Waals surface area contributed by atoms with Gasteiger partial charge in [-0.3, -0.25) is 4.79 Å². The lowest BCUT2D eigenvalue weighted by atomic mass is 9.92. The van der Waals surface area contributed by atoms with Gasteiger partial charge in [0.1, 0.15) is 0 Å². The molecule has 1 aromatic rings. The molecule has 2 heterocycles. The molecule has 0 aromatic heterocycles. The van der Waals surface area contributed by atoms with Crippen molar-refractivity contribution in [1.82, 2.24) is 9.80 Å². The van der Waals surface area contributed by atoms with E-state index in [0.717, 1.165) is 50.1 Å². The van der Waals surface area contributed by atoms with Gasteiger partial charge in [0.05, 0.1) is 26.2 Å². The molecule has 3 rings (SSSR count). The van der Waals surface area contributed by atoms with Crippen LogP contribution in [0.2, 0.25) is 5.02 Å². The van der Waals surface area contributed by atoms with E-state index in [-0.39, 0.29) is 0 Å². The number of nitrogens with zero attached hydrogens (tertiary/aromatic N) is 2. The van der Waals surface area contributed by atoms with Gasteiger partial charge in [-0.25, -0.2) is 0 Å². The molecule has 0 saturated carbocycles. The highest BCUT2D eigenvalue weighted by Gasteiger charge is 2.29. The number of anilines is 1. The molecule has 148 valence electrons. The summed E-state index contributed by atoms with van der Waals surface area (Å²) >= 11 is 11.5. The van der Waals surface area contributed by atoms with Crippen LogP contribution < -0.4 is 10.2 Å². The minimum atomic E-state index is 0.304. The fourth-order valence-corrected chi connectivity index (χ4v) is 4.56. The predicted octanol–water partition coefficient (Wildman–Crippen LogP) is 1.74. The van der Waals surface area contributed by atoms with E-state index in [2.05, 4.69) is 29.0 Å².